The van der Waals surface area contributed by atoms with E-state index in [2.05, 4.69) is 15.0 Å². The van der Waals surface area contributed by atoms with E-state index in [-0.39, 0.29) is 5.54 Å². The van der Waals surface area contributed by atoms with E-state index in [1.165, 1.54) is 0 Å². The van der Waals surface area contributed by atoms with Crippen molar-refractivity contribution < 1.29 is 8.42 Å². The van der Waals surface area contributed by atoms with E-state index in [0.717, 1.165) is 31.3 Å². The highest BCUT2D eigenvalue weighted by Gasteiger charge is 2.32. The van der Waals surface area contributed by atoms with E-state index in [9.17, 15) is 8.42 Å². The summed E-state index contributed by atoms with van der Waals surface area (Å²) >= 11 is 0. The number of aromatic nitrogens is 1. The van der Waals surface area contributed by atoms with Crippen molar-refractivity contribution in [3.63, 3.8) is 0 Å². The highest BCUT2D eigenvalue weighted by atomic mass is 32.2. The molecule has 1 saturated heterocycles. The van der Waals surface area contributed by atoms with Gasteiger partial charge in [-0.05, 0) is 45.0 Å². The van der Waals surface area contributed by atoms with Gasteiger partial charge >= 0.3 is 0 Å². The van der Waals surface area contributed by atoms with Crippen LogP contribution in [0.15, 0.2) is 41.6 Å². The van der Waals surface area contributed by atoms with Crippen LogP contribution in [0.5, 0.6) is 0 Å². The van der Waals surface area contributed by atoms with Crippen LogP contribution in [-0.4, -0.2) is 32.0 Å². The Kier molecular flexibility index (Phi) is 3.69. The second-order valence-electron chi connectivity index (χ2n) is 5.77. The Balaban J connectivity index is 2.00. The number of benzene rings is 1. The van der Waals surface area contributed by atoms with Crippen LogP contribution >= 0.6 is 0 Å². The molecule has 0 radical (unpaired) electrons. The lowest BCUT2D eigenvalue weighted by Crippen LogP contribution is -2.52. The Hall–Kier alpha value is -1.50. The van der Waals surface area contributed by atoms with Crippen LogP contribution in [0.3, 0.4) is 0 Å². The molecular weight excluding hydrogens is 286 g/mol. The average molecular weight is 305 g/mol. The molecular formula is C15H19N3O2S. The molecule has 0 saturated carbocycles. The molecule has 1 aromatic carbocycles. The summed E-state index contributed by atoms with van der Waals surface area (Å²) in [4.78, 5) is 4.36. The molecule has 1 aliphatic rings. The molecule has 0 unspecified atom stereocenters. The molecule has 1 aromatic heterocycles. The minimum atomic E-state index is -3.55. The van der Waals surface area contributed by atoms with Crippen LogP contribution in [0.1, 0.15) is 19.8 Å². The van der Waals surface area contributed by atoms with Crippen molar-refractivity contribution in [3.8, 4) is 0 Å². The van der Waals surface area contributed by atoms with E-state index in [1.807, 2.05) is 13.0 Å². The van der Waals surface area contributed by atoms with E-state index in [4.69, 9.17) is 0 Å². The van der Waals surface area contributed by atoms with Gasteiger partial charge in [0.15, 0.2) is 0 Å². The van der Waals surface area contributed by atoms with E-state index < -0.39 is 10.0 Å². The predicted octanol–water partition coefficient (Wildman–Crippen LogP) is 1.66. The number of hydrogen-bond acceptors (Lipinski definition) is 4. The second kappa shape index (κ2) is 5.36. The molecule has 2 N–H and O–H groups in total. The van der Waals surface area contributed by atoms with Gasteiger partial charge in [-0.2, -0.15) is 0 Å². The third-order valence-electron chi connectivity index (χ3n) is 4.02. The molecule has 1 aliphatic heterocycles. The van der Waals surface area contributed by atoms with Gasteiger partial charge < -0.3 is 5.32 Å². The topological polar surface area (TPSA) is 71.1 Å². The van der Waals surface area contributed by atoms with Gasteiger partial charge in [0.25, 0.3) is 0 Å². The summed E-state index contributed by atoms with van der Waals surface area (Å²) in [5.41, 5.74) is -0.390. The zero-order valence-electron chi connectivity index (χ0n) is 12.0. The fourth-order valence-electron chi connectivity index (χ4n) is 2.79. The third-order valence-corrected chi connectivity index (χ3v) is 5.71. The maximum Gasteiger partial charge on any atom is 0.241 e. The standard InChI is InChI=1S/C15H19N3O2S/c1-15(6-9-16-10-7-15)18-21(19,20)14-4-2-3-12-11-17-8-5-13(12)14/h2-5,8,11,16,18H,6-7,9-10H2,1H3. The molecule has 6 heteroatoms. The molecule has 2 heterocycles. The molecule has 0 amide bonds. The van der Waals surface area contributed by atoms with Gasteiger partial charge in [0.2, 0.25) is 10.0 Å². The van der Waals surface area contributed by atoms with E-state index in [0.29, 0.717) is 10.3 Å². The maximum atomic E-state index is 12.8. The highest BCUT2D eigenvalue weighted by molar-refractivity contribution is 7.89. The van der Waals surface area contributed by atoms with Crippen LogP contribution < -0.4 is 10.0 Å². The summed E-state index contributed by atoms with van der Waals surface area (Å²) in [5.74, 6) is 0. The number of fused-ring (bicyclic) bond motifs is 1. The summed E-state index contributed by atoms with van der Waals surface area (Å²) in [6.45, 7) is 3.63. The molecule has 1 fully saturated rings. The monoisotopic (exact) mass is 305 g/mol. The average Bonchev–Trinajstić information content (AvgIpc) is 2.46. The molecule has 0 aliphatic carbocycles. The van der Waals surface area contributed by atoms with Gasteiger partial charge in [-0.1, -0.05) is 12.1 Å². The summed E-state index contributed by atoms with van der Waals surface area (Å²) in [5, 5.41) is 4.79. The number of sulfonamides is 1. The van der Waals surface area contributed by atoms with Gasteiger partial charge in [-0.25, -0.2) is 13.1 Å². The number of nitrogens with zero attached hydrogens (tertiary/aromatic N) is 1. The smallest absolute Gasteiger partial charge is 0.241 e. The van der Waals surface area contributed by atoms with Gasteiger partial charge in [0.1, 0.15) is 0 Å². The molecule has 21 heavy (non-hydrogen) atoms. The van der Waals surface area contributed by atoms with Crippen LogP contribution in [0.4, 0.5) is 0 Å². The Bertz CT molecular complexity index is 747. The minimum absolute atomic E-state index is 0.321. The molecule has 3 rings (SSSR count). The van der Waals surface area contributed by atoms with Gasteiger partial charge in [0.05, 0.1) is 4.90 Å². The van der Waals surface area contributed by atoms with Crippen molar-refractivity contribution in [2.24, 2.45) is 0 Å². The van der Waals surface area contributed by atoms with Crippen molar-refractivity contribution in [2.75, 3.05) is 13.1 Å². The van der Waals surface area contributed by atoms with Gasteiger partial charge in [0, 0.05) is 28.7 Å². The number of rotatable bonds is 3. The Morgan fingerprint density at radius 2 is 2.00 bits per heavy atom. The Morgan fingerprint density at radius 1 is 1.24 bits per heavy atom. The first kappa shape index (κ1) is 14.4. The van der Waals surface area contributed by atoms with Crippen molar-refractivity contribution in [1.82, 2.24) is 15.0 Å². The molecule has 5 nitrogen and oxygen atoms in total. The van der Waals surface area contributed by atoms with Crippen LogP contribution in [0.25, 0.3) is 10.8 Å². The first-order chi connectivity index (χ1) is 10.0. The second-order valence-corrected chi connectivity index (χ2v) is 7.42. The van der Waals surface area contributed by atoms with Gasteiger partial charge in [-0.15, -0.1) is 0 Å². The third kappa shape index (κ3) is 2.92. The summed E-state index contributed by atoms with van der Waals surface area (Å²) < 4.78 is 28.4. The molecule has 0 spiro atoms. The lowest BCUT2D eigenvalue weighted by molar-refractivity contribution is 0.308. The van der Waals surface area contributed by atoms with Crippen LogP contribution in [0.2, 0.25) is 0 Å². The van der Waals surface area contributed by atoms with Crippen molar-refractivity contribution in [1.29, 1.82) is 0 Å². The van der Waals surface area contributed by atoms with Crippen LogP contribution in [0, 0.1) is 0 Å². The molecule has 2 aromatic rings. The van der Waals surface area contributed by atoms with Crippen LogP contribution in [-0.2, 0) is 10.0 Å². The minimum Gasteiger partial charge on any atom is -0.317 e. The Morgan fingerprint density at radius 3 is 2.76 bits per heavy atom. The SMILES string of the molecule is CC1(NS(=O)(=O)c2cccc3cnccc23)CCNCC1. The largest absolute Gasteiger partial charge is 0.317 e. The predicted molar refractivity (Wildman–Crippen MR) is 82.6 cm³/mol. The zero-order valence-corrected chi connectivity index (χ0v) is 12.8. The molecule has 112 valence electrons. The molecule has 0 bridgehead atoms. The molecule has 0 atom stereocenters. The quantitative estimate of drug-likeness (QED) is 0.904. The van der Waals surface area contributed by atoms with Crippen molar-refractivity contribution >= 4 is 20.8 Å². The van der Waals surface area contributed by atoms with Crippen molar-refractivity contribution in [3.05, 3.63) is 36.7 Å². The fourth-order valence-corrected chi connectivity index (χ4v) is 4.48. The lowest BCUT2D eigenvalue weighted by atomic mass is 9.92. The number of nitrogens with one attached hydrogen (secondary N) is 2. The fraction of sp³-hybridized carbons (Fsp3) is 0.400. The summed E-state index contributed by atoms with van der Waals surface area (Å²) in [7, 11) is -3.55. The lowest BCUT2D eigenvalue weighted by Gasteiger charge is -2.34. The maximum absolute atomic E-state index is 12.8. The zero-order chi connectivity index (χ0) is 14.9. The van der Waals surface area contributed by atoms with E-state index in [1.54, 1.807) is 30.6 Å². The Labute approximate surface area is 124 Å². The first-order valence-electron chi connectivity index (χ1n) is 7.08. The van der Waals surface area contributed by atoms with Gasteiger partial charge in [-0.3, -0.25) is 4.98 Å². The summed E-state index contributed by atoms with van der Waals surface area (Å²) in [6.07, 6.45) is 4.88. The number of pyridine rings is 1. The van der Waals surface area contributed by atoms with Crippen molar-refractivity contribution in [2.45, 2.75) is 30.2 Å². The number of hydrogen-bond donors (Lipinski definition) is 2. The normalized spacial score (nSPS) is 18.7. The number of piperidine rings is 1. The highest BCUT2D eigenvalue weighted by Crippen LogP contribution is 2.25. The first-order valence-corrected chi connectivity index (χ1v) is 8.56. The summed E-state index contributed by atoms with van der Waals surface area (Å²) in [6, 6.07) is 7.01. The van der Waals surface area contributed by atoms with E-state index >= 15 is 0 Å².